The van der Waals surface area contributed by atoms with Gasteiger partial charge in [0.1, 0.15) is 5.15 Å². The quantitative estimate of drug-likeness (QED) is 0.758. The van der Waals surface area contributed by atoms with Crippen molar-refractivity contribution < 1.29 is 4.79 Å². The molecule has 1 aliphatic heterocycles. The van der Waals surface area contributed by atoms with Crippen molar-refractivity contribution in [2.24, 2.45) is 5.41 Å². The molecule has 1 aromatic heterocycles. The molecule has 0 spiro atoms. The summed E-state index contributed by atoms with van der Waals surface area (Å²) in [5.41, 5.74) is 1.89. The normalized spacial score (nSPS) is 17.2. The molecule has 4 heteroatoms. The molecule has 0 radical (unpaired) electrons. The zero-order chi connectivity index (χ0) is 15.5. The van der Waals surface area contributed by atoms with Crippen LogP contribution in [0.3, 0.4) is 0 Å². The summed E-state index contributed by atoms with van der Waals surface area (Å²) in [5, 5.41) is 0.417. The molecule has 2 rings (SSSR count). The molecule has 116 valence electrons. The molecular formula is C17H25ClN2O. The van der Waals surface area contributed by atoms with E-state index in [4.69, 9.17) is 11.6 Å². The number of carbonyl (C=O) groups is 1. The number of likely N-dealkylation sites (tertiary alicyclic amines) is 1. The Morgan fingerprint density at radius 3 is 2.62 bits per heavy atom. The van der Waals surface area contributed by atoms with Crippen molar-refractivity contribution in [3.63, 3.8) is 0 Å². The first-order valence-electron chi connectivity index (χ1n) is 7.99. The Morgan fingerprint density at radius 2 is 2.05 bits per heavy atom. The van der Waals surface area contributed by atoms with Crippen LogP contribution in [0.2, 0.25) is 5.15 Å². The van der Waals surface area contributed by atoms with E-state index in [1.165, 1.54) is 0 Å². The van der Waals surface area contributed by atoms with Gasteiger partial charge in [0, 0.05) is 24.3 Å². The second-order valence-corrected chi connectivity index (χ2v) is 6.49. The third kappa shape index (κ3) is 3.57. The van der Waals surface area contributed by atoms with Gasteiger partial charge >= 0.3 is 0 Å². The predicted molar refractivity (Wildman–Crippen MR) is 86.8 cm³/mol. The number of aromatic nitrogens is 1. The molecule has 1 aliphatic rings. The van der Waals surface area contributed by atoms with Crippen molar-refractivity contribution in [1.82, 2.24) is 9.88 Å². The zero-order valence-electron chi connectivity index (χ0n) is 13.3. The van der Waals surface area contributed by atoms with Gasteiger partial charge in [-0.25, -0.2) is 4.98 Å². The lowest BCUT2D eigenvalue weighted by molar-refractivity contribution is 0.0769. The van der Waals surface area contributed by atoms with Crippen molar-refractivity contribution >= 4 is 17.5 Å². The summed E-state index contributed by atoms with van der Waals surface area (Å²) in [5.74, 6) is 0.0976. The Bertz CT molecular complexity index is 512. The molecule has 0 unspecified atom stereocenters. The first-order valence-corrected chi connectivity index (χ1v) is 8.37. The molecule has 1 fully saturated rings. The minimum atomic E-state index is 0.0976. The number of halogens is 1. The highest BCUT2D eigenvalue weighted by Crippen LogP contribution is 2.37. The van der Waals surface area contributed by atoms with Gasteiger partial charge in [-0.05, 0) is 43.2 Å². The molecule has 0 atom stereocenters. The SMILES string of the molecule is CCCc1cc(C(=O)N2CCC(CC)(CC)C2)cc(Cl)n1. The summed E-state index contributed by atoms with van der Waals surface area (Å²) in [6.45, 7) is 8.26. The molecule has 1 amide bonds. The summed E-state index contributed by atoms with van der Waals surface area (Å²) in [6.07, 6.45) is 5.22. The molecule has 0 aromatic carbocycles. The third-order valence-electron chi connectivity index (χ3n) is 4.83. The zero-order valence-corrected chi connectivity index (χ0v) is 14.0. The number of hydrogen-bond acceptors (Lipinski definition) is 2. The maximum Gasteiger partial charge on any atom is 0.254 e. The molecule has 1 aromatic rings. The van der Waals surface area contributed by atoms with Crippen LogP contribution < -0.4 is 0 Å². The van der Waals surface area contributed by atoms with E-state index in [0.29, 0.717) is 16.1 Å². The third-order valence-corrected chi connectivity index (χ3v) is 5.02. The number of amides is 1. The van der Waals surface area contributed by atoms with Gasteiger partial charge in [0.05, 0.1) is 0 Å². The number of pyridine rings is 1. The van der Waals surface area contributed by atoms with Gasteiger partial charge in [-0.2, -0.15) is 0 Å². The molecule has 0 saturated carbocycles. The summed E-state index contributed by atoms with van der Waals surface area (Å²) in [4.78, 5) is 19.0. The average molecular weight is 309 g/mol. The minimum absolute atomic E-state index is 0.0976. The molecule has 0 bridgehead atoms. The number of nitrogens with zero attached hydrogens (tertiary/aromatic N) is 2. The lowest BCUT2D eigenvalue weighted by Crippen LogP contribution is -2.31. The van der Waals surface area contributed by atoms with Gasteiger partial charge in [-0.15, -0.1) is 0 Å². The fourth-order valence-corrected chi connectivity index (χ4v) is 3.40. The maximum atomic E-state index is 12.7. The van der Waals surface area contributed by atoms with Crippen molar-refractivity contribution in [3.05, 3.63) is 28.5 Å². The lowest BCUT2D eigenvalue weighted by Gasteiger charge is -2.26. The smallest absolute Gasteiger partial charge is 0.254 e. The number of carbonyl (C=O) groups excluding carboxylic acids is 1. The van der Waals surface area contributed by atoms with E-state index in [1.54, 1.807) is 6.07 Å². The van der Waals surface area contributed by atoms with Crippen LogP contribution in [0.1, 0.15) is 62.5 Å². The molecule has 21 heavy (non-hydrogen) atoms. The largest absolute Gasteiger partial charge is 0.338 e. The molecule has 0 N–H and O–H groups in total. The van der Waals surface area contributed by atoms with Gasteiger partial charge in [0.15, 0.2) is 0 Å². The summed E-state index contributed by atoms with van der Waals surface area (Å²) in [7, 11) is 0. The summed E-state index contributed by atoms with van der Waals surface area (Å²) in [6, 6.07) is 3.59. The van der Waals surface area contributed by atoms with Crippen LogP contribution in [-0.2, 0) is 6.42 Å². The van der Waals surface area contributed by atoms with E-state index in [2.05, 4.69) is 25.8 Å². The van der Waals surface area contributed by atoms with Gasteiger partial charge in [0.25, 0.3) is 5.91 Å². The molecule has 3 nitrogen and oxygen atoms in total. The Morgan fingerprint density at radius 1 is 1.33 bits per heavy atom. The van der Waals surface area contributed by atoms with Crippen LogP contribution in [0.5, 0.6) is 0 Å². The molecule has 1 saturated heterocycles. The second kappa shape index (κ2) is 6.78. The van der Waals surface area contributed by atoms with Gasteiger partial charge in [0.2, 0.25) is 0 Å². The van der Waals surface area contributed by atoms with E-state index in [1.807, 2.05) is 11.0 Å². The van der Waals surface area contributed by atoms with Crippen LogP contribution in [0.4, 0.5) is 0 Å². The van der Waals surface area contributed by atoms with E-state index >= 15 is 0 Å². The Balaban J connectivity index is 2.17. The molecule has 2 heterocycles. The van der Waals surface area contributed by atoms with Crippen molar-refractivity contribution in [2.75, 3.05) is 13.1 Å². The van der Waals surface area contributed by atoms with Crippen LogP contribution in [-0.4, -0.2) is 28.9 Å². The highest BCUT2D eigenvalue weighted by molar-refractivity contribution is 6.29. The minimum Gasteiger partial charge on any atom is -0.338 e. The first-order chi connectivity index (χ1) is 10.0. The Kier molecular flexibility index (Phi) is 5.26. The van der Waals surface area contributed by atoms with Gasteiger partial charge in [-0.1, -0.05) is 38.8 Å². The molecular weight excluding hydrogens is 284 g/mol. The van der Waals surface area contributed by atoms with Crippen LogP contribution in [0.15, 0.2) is 12.1 Å². The fourth-order valence-electron chi connectivity index (χ4n) is 3.18. The average Bonchev–Trinajstić information content (AvgIpc) is 2.91. The van der Waals surface area contributed by atoms with Crippen molar-refractivity contribution in [3.8, 4) is 0 Å². The van der Waals surface area contributed by atoms with Crippen molar-refractivity contribution in [2.45, 2.75) is 52.9 Å². The van der Waals surface area contributed by atoms with Gasteiger partial charge < -0.3 is 4.90 Å². The van der Waals surface area contributed by atoms with Crippen LogP contribution in [0, 0.1) is 5.41 Å². The molecule has 0 aliphatic carbocycles. The number of hydrogen-bond donors (Lipinski definition) is 0. The van der Waals surface area contributed by atoms with E-state index < -0.39 is 0 Å². The second-order valence-electron chi connectivity index (χ2n) is 6.10. The monoisotopic (exact) mass is 308 g/mol. The van der Waals surface area contributed by atoms with Crippen molar-refractivity contribution in [1.29, 1.82) is 0 Å². The summed E-state index contributed by atoms with van der Waals surface area (Å²) >= 11 is 6.07. The highest BCUT2D eigenvalue weighted by atomic mass is 35.5. The van der Waals surface area contributed by atoms with E-state index in [0.717, 1.165) is 50.9 Å². The number of rotatable bonds is 5. The Hall–Kier alpha value is -1.09. The number of aryl methyl sites for hydroxylation is 1. The first kappa shape index (κ1) is 16.3. The Labute approximate surface area is 132 Å². The van der Waals surface area contributed by atoms with Crippen LogP contribution in [0.25, 0.3) is 0 Å². The fraction of sp³-hybridized carbons (Fsp3) is 0.647. The maximum absolute atomic E-state index is 12.7. The highest BCUT2D eigenvalue weighted by Gasteiger charge is 2.37. The van der Waals surface area contributed by atoms with E-state index in [9.17, 15) is 4.79 Å². The lowest BCUT2D eigenvalue weighted by atomic mass is 9.82. The summed E-state index contributed by atoms with van der Waals surface area (Å²) < 4.78 is 0. The topological polar surface area (TPSA) is 33.2 Å². The predicted octanol–water partition coefficient (Wildman–Crippen LogP) is 4.34. The van der Waals surface area contributed by atoms with Crippen LogP contribution >= 0.6 is 11.6 Å². The van der Waals surface area contributed by atoms with E-state index in [-0.39, 0.29) is 5.91 Å². The standard InChI is InChI=1S/C17H25ClN2O/c1-4-7-14-10-13(11-15(18)19-14)16(21)20-9-8-17(5-2,6-3)12-20/h10-11H,4-9,12H2,1-3H3. The van der Waals surface area contributed by atoms with Gasteiger partial charge in [-0.3, -0.25) is 4.79 Å².